The number of benzene rings is 2. The third-order valence-corrected chi connectivity index (χ3v) is 7.10. The summed E-state index contributed by atoms with van der Waals surface area (Å²) in [5, 5.41) is 0. The van der Waals surface area contributed by atoms with E-state index >= 15 is 0 Å². The van der Waals surface area contributed by atoms with Gasteiger partial charge in [0.1, 0.15) is 5.78 Å². The van der Waals surface area contributed by atoms with Gasteiger partial charge in [0.05, 0.1) is 5.69 Å². The van der Waals surface area contributed by atoms with E-state index in [0.29, 0.717) is 24.7 Å². The van der Waals surface area contributed by atoms with Crippen LogP contribution in [-0.4, -0.2) is 10.8 Å². The minimum atomic E-state index is 0.272. The molecule has 1 fully saturated rings. The molecule has 1 saturated carbocycles. The molecule has 0 aliphatic heterocycles. The van der Waals surface area contributed by atoms with Crippen molar-refractivity contribution in [3.63, 3.8) is 0 Å². The summed E-state index contributed by atoms with van der Waals surface area (Å²) in [6, 6.07) is 19.1. The summed E-state index contributed by atoms with van der Waals surface area (Å²) in [7, 11) is 0. The van der Waals surface area contributed by atoms with E-state index in [1.54, 1.807) is 0 Å². The Morgan fingerprint density at radius 2 is 1.79 bits per heavy atom. The first kappa shape index (κ1) is 23.2. The molecule has 2 heteroatoms. The molecule has 0 spiro atoms. The van der Waals surface area contributed by atoms with E-state index in [-0.39, 0.29) is 5.78 Å². The summed E-state index contributed by atoms with van der Waals surface area (Å²) in [6.07, 6.45) is 10.7. The van der Waals surface area contributed by atoms with Crippen molar-refractivity contribution in [3.05, 3.63) is 106 Å². The smallest absolute Gasteiger partial charge is 0.141 e. The average Bonchev–Trinajstić information content (AvgIpc) is 2.85. The van der Waals surface area contributed by atoms with Crippen molar-refractivity contribution in [1.82, 2.24) is 4.98 Å². The second-order valence-electron chi connectivity index (χ2n) is 9.51. The number of aromatic nitrogens is 1. The molecule has 1 aliphatic carbocycles. The molecule has 1 heterocycles. The average molecular weight is 438 g/mol. The fourth-order valence-corrected chi connectivity index (χ4v) is 5.32. The van der Waals surface area contributed by atoms with E-state index in [0.717, 1.165) is 24.0 Å². The summed E-state index contributed by atoms with van der Waals surface area (Å²) in [4.78, 5) is 17.5. The molecule has 0 saturated heterocycles. The quantitative estimate of drug-likeness (QED) is 0.368. The summed E-state index contributed by atoms with van der Waals surface area (Å²) < 4.78 is 0. The monoisotopic (exact) mass is 437 g/mol. The van der Waals surface area contributed by atoms with Crippen LogP contribution >= 0.6 is 0 Å². The highest BCUT2D eigenvalue weighted by molar-refractivity contribution is 5.83. The number of hydrogen-bond acceptors (Lipinski definition) is 2. The van der Waals surface area contributed by atoms with E-state index in [4.69, 9.17) is 4.98 Å². The van der Waals surface area contributed by atoms with Crippen LogP contribution in [0.1, 0.15) is 83.5 Å². The molecule has 2 nitrogen and oxygen atoms in total. The second-order valence-corrected chi connectivity index (χ2v) is 9.51. The van der Waals surface area contributed by atoms with Gasteiger partial charge < -0.3 is 0 Å². The van der Waals surface area contributed by atoms with Crippen LogP contribution in [0.2, 0.25) is 0 Å². The van der Waals surface area contributed by atoms with Crippen molar-refractivity contribution >= 4 is 11.9 Å². The summed E-state index contributed by atoms with van der Waals surface area (Å²) in [6.45, 7) is 8.34. The van der Waals surface area contributed by atoms with Crippen LogP contribution in [0.4, 0.5) is 0 Å². The van der Waals surface area contributed by atoms with Gasteiger partial charge in [-0.05, 0) is 72.4 Å². The number of carbonyl (C=O) groups excluding carboxylic acids is 1. The molecule has 1 aromatic heterocycles. The van der Waals surface area contributed by atoms with E-state index in [9.17, 15) is 4.79 Å². The van der Waals surface area contributed by atoms with Crippen LogP contribution in [0, 0.1) is 6.92 Å². The van der Waals surface area contributed by atoms with E-state index < -0.39 is 0 Å². The first-order chi connectivity index (χ1) is 16.1. The number of ketones is 1. The molecule has 2 unspecified atom stereocenters. The molecule has 170 valence electrons. The number of Topliss-reactive ketones (excluding diaryl/α,β-unsaturated/α-hetero) is 1. The maximum atomic E-state index is 12.7. The van der Waals surface area contributed by atoms with Crippen molar-refractivity contribution in [2.75, 3.05) is 0 Å². The lowest BCUT2D eigenvalue weighted by Gasteiger charge is -2.30. The Balaban J connectivity index is 1.46. The molecular formula is C31H35NO. The molecule has 2 atom stereocenters. The maximum Gasteiger partial charge on any atom is 0.141 e. The molecule has 0 bridgehead atoms. The maximum absolute atomic E-state index is 12.7. The SMILES string of the molecule is C=Cc1c(CC)ccnc1C1CCCC(c2cccc(CC(=O)Cc3ccc(C)cc3)c2)C1. The second kappa shape index (κ2) is 10.7. The lowest BCUT2D eigenvalue weighted by molar-refractivity contribution is -0.117. The number of rotatable bonds is 8. The molecule has 2 aromatic carbocycles. The highest BCUT2D eigenvalue weighted by Gasteiger charge is 2.27. The minimum absolute atomic E-state index is 0.272. The summed E-state index contributed by atoms with van der Waals surface area (Å²) in [5.41, 5.74) is 8.61. The van der Waals surface area contributed by atoms with Gasteiger partial charge in [-0.15, -0.1) is 0 Å². The van der Waals surface area contributed by atoms with Crippen molar-refractivity contribution in [3.8, 4) is 0 Å². The van der Waals surface area contributed by atoms with Crippen molar-refractivity contribution in [2.24, 2.45) is 0 Å². The third kappa shape index (κ3) is 5.68. The van der Waals surface area contributed by atoms with Crippen molar-refractivity contribution in [2.45, 2.75) is 70.6 Å². The van der Waals surface area contributed by atoms with Gasteiger partial charge >= 0.3 is 0 Å². The Morgan fingerprint density at radius 1 is 1.03 bits per heavy atom. The lowest BCUT2D eigenvalue weighted by Crippen LogP contribution is -2.16. The van der Waals surface area contributed by atoms with Crippen LogP contribution in [0.15, 0.2) is 67.4 Å². The predicted octanol–water partition coefficient (Wildman–Crippen LogP) is 7.39. The highest BCUT2D eigenvalue weighted by atomic mass is 16.1. The molecule has 0 N–H and O–H groups in total. The Hall–Kier alpha value is -3.00. The fraction of sp³-hybridized carbons (Fsp3) is 0.355. The normalized spacial score (nSPS) is 18.1. The standard InChI is InChI=1S/C31H35NO/c1-4-25-16-17-32-31(30(25)5-2)28-11-7-10-27(21-28)26-9-6-8-24(18-26)20-29(33)19-23-14-12-22(3)13-15-23/h5-6,8-9,12-18,27-28H,2,4,7,10-11,19-21H2,1,3H3. The van der Waals surface area contributed by atoms with Crippen LogP contribution in [-0.2, 0) is 24.1 Å². The molecule has 4 rings (SSSR count). The zero-order valence-electron chi connectivity index (χ0n) is 20.0. The summed E-state index contributed by atoms with van der Waals surface area (Å²) >= 11 is 0. The summed E-state index contributed by atoms with van der Waals surface area (Å²) in [5.74, 6) is 1.25. The topological polar surface area (TPSA) is 30.0 Å². The van der Waals surface area contributed by atoms with Crippen LogP contribution in [0.25, 0.3) is 6.08 Å². The number of carbonyl (C=O) groups is 1. The predicted molar refractivity (Wildman–Crippen MR) is 138 cm³/mol. The van der Waals surface area contributed by atoms with Crippen molar-refractivity contribution < 1.29 is 4.79 Å². The van der Waals surface area contributed by atoms with E-state index in [2.05, 4.69) is 75.0 Å². The number of aryl methyl sites for hydroxylation is 2. The molecule has 33 heavy (non-hydrogen) atoms. The molecule has 3 aromatic rings. The Kier molecular flexibility index (Phi) is 7.54. The van der Waals surface area contributed by atoms with Gasteiger partial charge in [-0.25, -0.2) is 0 Å². The van der Waals surface area contributed by atoms with E-state index in [1.165, 1.54) is 47.2 Å². The zero-order valence-corrected chi connectivity index (χ0v) is 20.0. The van der Waals surface area contributed by atoms with Crippen LogP contribution < -0.4 is 0 Å². The Morgan fingerprint density at radius 3 is 2.55 bits per heavy atom. The number of nitrogens with zero attached hydrogens (tertiary/aromatic N) is 1. The van der Waals surface area contributed by atoms with Gasteiger partial charge in [0.15, 0.2) is 0 Å². The lowest BCUT2D eigenvalue weighted by atomic mass is 9.75. The minimum Gasteiger partial charge on any atom is -0.299 e. The largest absolute Gasteiger partial charge is 0.299 e. The van der Waals surface area contributed by atoms with Gasteiger partial charge in [-0.1, -0.05) is 80.1 Å². The zero-order chi connectivity index (χ0) is 23.2. The highest BCUT2D eigenvalue weighted by Crippen LogP contribution is 2.42. The number of pyridine rings is 1. The number of hydrogen-bond donors (Lipinski definition) is 0. The molecule has 1 aliphatic rings. The molecular weight excluding hydrogens is 402 g/mol. The first-order valence-corrected chi connectivity index (χ1v) is 12.3. The van der Waals surface area contributed by atoms with Gasteiger partial charge in [-0.2, -0.15) is 0 Å². The van der Waals surface area contributed by atoms with Crippen LogP contribution in [0.3, 0.4) is 0 Å². The molecule has 0 radical (unpaired) electrons. The Labute approximate surface area is 198 Å². The Bertz CT molecular complexity index is 1110. The third-order valence-electron chi connectivity index (χ3n) is 7.10. The molecule has 0 amide bonds. The fourth-order valence-electron chi connectivity index (χ4n) is 5.32. The van der Waals surface area contributed by atoms with Crippen molar-refractivity contribution in [1.29, 1.82) is 0 Å². The first-order valence-electron chi connectivity index (χ1n) is 12.3. The van der Waals surface area contributed by atoms with Gasteiger partial charge in [0, 0.05) is 25.0 Å². The van der Waals surface area contributed by atoms with Crippen LogP contribution in [0.5, 0.6) is 0 Å². The van der Waals surface area contributed by atoms with Gasteiger partial charge in [0.25, 0.3) is 0 Å². The van der Waals surface area contributed by atoms with Gasteiger partial charge in [0.2, 0.25) is 0 Å². The van der Waals surface area contributed by atoms with Gasteiger partial charge in [-0.3, -0.25) is 9.78 Å². The van der Waals surface area contributed by atoms with E-state index in [1.807, 2.05) is 12.3 Å².